The maximum absolute atomic E-state index is 12.9. The van der Waals surface area contributed by atoms with Gasteiger partial charge in [-0.15, -0.1) is 0 Å². The maximum atomic E-state index is 12.9. The van der Waals surface area contributed by atoms with E-state index in [1.807, 2.05) is 13.0 Å². The van der Waals surface area contributed by atoms with Crippen LogP contribution in [0.15, 0.2) is 18.2 Å². The number of hydrogen-bond donors (Lipinski definition) is 1. The molecule has 1 aromatic rings. The van der Waals surface area contributed by atoms with Crippen LogP contribution in [0.4, 0.5) is 5.69 Å². The third-order valence-corrected chi connectivity index (χ3v) is 3.75. The van der Waals surface area contributed by atoms with Gasteiger partial charge in [-0.25, -0.2) is 0 Å². The molecular formula is C18H30N2O2. The molecule has 0 radical (unpaired) electrons. The van der Waals surface area contributed by atoms with Crippen LogP contribution >= 0.6 is 0 Å². The van der Waals surface area contributed by atoms with Crippen molar-refractivity contribution in [1.29, 1.82) is 0 Å². The normalized spacial score (nSPS) is 12.4. The first kappa shape index (κ1) is 18.5. The predicted molar refractivity (Wildman–Crippen MR) is 92.6 cm³/mol. The highest BCUT2D eigenvalue weighted by atomic mass is 16.5. The molecule has 0 aromatic heterocycles. The zero-order chi connectivity index (χ0) is 16.5. The largest absolute Gasteiger partial charge is 0.492 e. The molecule has 0 bridgehead atoms. The highest BCUT2D eigenvalue weighted by molar-refractivity contribution is 6.01. The molecule has 124 valence electrons. The van der Waals surface area contributed by atoms with Gasteiger partial charge in [0.25, 0.3) is 0 Å². The van der Waals surface area contributed by atoms with E-state index in [0.717, 1.165) is 32.4 Å². The van der Waals surface area contributed by atoms with Gasteiger partial charge in [-0.2, -0.15) is 0 Å². The number of anilines is 1. The van der Waals surface area contributed by atoms with Crippen LogP contribution in [-0.4, -0.2) is 36.4 Å². The van der Waals surface area contributed by atoms with Gasteiger partial charge in [0.05, 0.1) is 18.3 Å². The van der Waals surface area contributed by atoms with E-state index < -0.39 is 0 Å². The topological polar surface area (TPSA) is 55.6 Å². The molecule has 1 rings (SSSR count). The summed E-state index contributed by atoms with van der Waals surface area (Å²) in [5.74, 6) is 0.796. The minimum Gasteiger partial charge on any atom is -0.492 e. The van der Waals surface area contributed by atoms with Crippen molar-refractivity contribution < 1.29 is 9.53 Å². The van der Waals surface area contributed by atoms with Crippen molar-refractivity contribution in [3.8, 4) is 5.75 Å². The average molecular weight is 306 g/mol. The van der Waals surface area contributed by atoms with E-state index in [1.54, 1.807) is 12.1 Å². The molecule has 0 aliphatic rings. The van der Waals surface area contributed by atoms with Gasteiger partial charge in [0.2, 0.25) is 0 Å². The van der Waals surface area contributed by atoms with Crippen LogP contribution in [0.5, 0.6) is 5.75 Å². The van der Waals surface area contributed by atoms with Gasteiger partial charge < -0.3 is 10.5 Å². The highest BCUT2D eigenvalue weighted by Crippen LogP contribution is 2.24. The smallest absolute Gasteiger partial charge is 0.180 e. The number of Topliss-reactive ketones (excluding diaryl/α,β-unsaturated/α-hetero) is 1. The Bertz CT molecular complexity index is 468. The monoisotopic (exact) mass is 306 g/mol. The third kappa shape index (κ3) is 4.73. The fourth-order valence-electron chi connectivity index (χ4n) is 2.79. The minimum absolute atomic E-state index is 0.0720. The standard InChI is InChI=1S/C18H30N2O2/c1-5-11-20(12-6-2)16(7-3)18(21)14-9-10-17(22-8-4)15(19)13-14/h9-10,13,16H,5-8,11-12,19H2,1-4H3. The number of nitrogen functional groups attached to an aromatic ring is 1. The Balaban J connectivity index is 2.97. The van der Waals surface area contributed by atoms with Crippen LogP contribution in [0.25, 0.3) is 0 Å². The highest BCUT2D eigenvalue weighted by Gasteiger charge is 2.24. The zero-order valence-electron chi connectivity index (χ0n) is 14.4. The lowest BCUT2D eigenvalue weighted by Gasteiger charge is -2.29. The molecule has 0 fully saturated rings. The molecule has 1 unspecified atom stereocenters. The van der Waals surface area contributed by atoms with Crippen molar-refractivity contribution in [3.05, 3.63) is 23.8 Å². The molecule has 0 aliphatic carbocycles. The lowest BCUT2D eigenvalue weighted by Crippen LogP contribution is -2.41. The number of carbonyl (C=O) groups is 1. The predicted octanol–water partition coefficient (Wildman–Crippen LogP) is 3.75. The van der Waals surface area contributed by atoms with E-state index in [9.17, 15) is 4.79 Å². The van der Waals surface area contributed by atoms with E-state index in [-0.39, 0.29) is 11.8 Å². The molecule has 4 nitrogen and oxygen atoms in total. The molecule has 0 heterocycles. The van der Waals surface area contributed by atoms with Crippen LogP contribution < -0.4 is 10.5 Å². The first-order valence-electron chi connectivity index (χ1n) is 8.39. The van der Waals surface area contributed by atoms with Crippen molar-refractivity contribution in [2.45, 2.75) is 53.0 Å². The SMILES string of the molecule is CCCN(CCC)C(CC)C(=O)c1ccc(OCC)c(N)c1. The summed E-state index contributed by atoms with van der Waals surface area (Å²) in [5, 5.41) is 0. The van der Waals surface area contributed by atoms with Crippen LogP contribution in [0.2, 0.25) is 0 Å². The van der Waals surface area contributed by atoms with Crippen LogP contribution in [0.1, 0.15) is 57.3 Å². The third-order valence-electron chi connectivity index (χ3n) is 3.75. The molecule has 1 atom stereocenters. The molecule has 4 heteroatoms. The van der Waals surface area contributed by atoms with Gasteiger partial charge in [0, 0.05) is 5.56 Å². The maximum Gasteiger partial charge on any atom is 0.180 e. The minimum atomic E-state index is -0.0720. The van der Waals surface area contributed by atoms with Gasteiger partial charge in [-0.05, 0) is 57.5 Å². The quantitative estimate of drug-likeness (QED) is 0.528. The average Bonchev–Trinajstić information content (AvgIpc) is 2.50. The summed E-state index contributed by atoms with van der Waals surface area (Å²) in [6, 6.07) is 5.29. The van der Waals surface area contributed by atoms with E-state index >= 15 is 0 Å². The number of rotatable bonds is 10. The Morgan fingerprint density at radius 1 is 1.18 bits per heavy atom. The van der Waals surface area contributed by atoms with Crippen molar-refractivity contribution in [2.24, 2.45) is 0 Å². The van der Waals surface area contributed by atoms with Gasteiger partial charge >= 0.3 is 0 Å². The fraction of sp³-hybridized carbons (Fsp3) is 0.611. The van der Waals surface area contributed by atoms with Crippen molar-refractivity contribution in [3.63, 3.8) is 0 Å². The lowest BCUT2D eigenvalue weighted by molar-refractivity contribution is 0.0810. The molecule has 1 aromatic carbocycles. The summed E-state index contributed by atoms with van der Waals surface area (Å²) in [4.78, 5) is 15.1. The molecular weight excluding hydrogens is 276 g/mol. The Morgan fingerprint density at radius 3 is 2.27 bits per heavy atom. The summed E-state index contributed by atoms with van der Waals surface area (Å²) >= 11 is 0. The van der Waals surface area contributed by atoms with E-state index in [1.165, 1.54) is 0 Å². The van der Waals surface area contributed by atoms with Crippen molar-refractivity contribution in [2.75, 3.05) is 25.4 Å². The molecule has 0 amide bonds. The number of benzene rings is 1. The molecule has 0 saturated carbocycles. The van der Waals surface area contributed by atoms with Crippen molar-refractivity contribution >= 4 is 11.5 Å². The first-order chi connectivity index (χ1) is 10.6. The van der Waals surface area contributed by atoms with Gasteiger partial charge in [-0.1, -0.05) is 20.8 Å². The molecule has 0 aliphatic heterocycles. The van der Waals surface area contributed by atoms with Gasteiger partial charge in [0.15, 0.2) is 5.78 Å². The molecule has 0 spiro atoms. The second kappa shape index (κ2) is 9.46. The van der Waals surface area contributed by atoms with Crippen LogP contribution in [-0.2, 0) is 0 Å². The summed E-state index contributed by atoms with van der Waals surface area (Å²) in [5.41, 5.74) is 7.19. The number of ether oxygens (including phenoxy) is 1. The van der Waals surface area contributed by atoms with Crippen LogP contribution in [0, 0.1) is 0 Å². The molecule has 22 heavy (non-hydrogen) atoms. The first-order valence-corrected chi connectivity index (χ1v) is 8.39. The second-order valence-corrected chi connectivity index (χ2v) is 5.51. The zero-order valence-corrected chi connectivity index (χ0v) is 14.4. The van der Waals surface area contributed by atoms with Gasteiger partial charge in [0.1, 0.15) is 5.75 Å². The number of carbonyl (C=O) groups excluding carboxylic acids is 1. The molecule has 2 N–H and O–H groups in total. The fourth-order valence-corrected chi connectivity index (χ4v) is 2.79. The molecule has 0 saturated heterocycles. The lowest BCUT2D eigenvalue weighted by atomic mass is 9.99. The number of ketones is 1. The van der Waals surface area contributed by atoms with E-state index in [4.69, 9.17) is 10.5 Å². The van der Waals surface area contributed by atoms with Crippen molar-refractivity contribution in [1.82, 2.24) is 4.90 Å². The summed E-state index contributed by atoms with van der Waals surface area (Å²) in [6.07, 6.45) is 2.91. The summed E-state index contributed by atoms with van der Waals surface area (Å²) < 4.78 is 5.44. The number of nitrogens with two attached hydrogens (primary N) is 1. The Morgan fingerprint density at radius 2 is 1.82 bits per heavy atom. The Hall–Kier alpha value is -1.55. The Kier molecular flexibility index (Phi) is 7.96. The van der Waals surface area contributed by atoms with Crippen LogP contribution in [0.3, 0.4) is 0 Å². The summed E-state index contributed by atoms with van der Waals surface area (Å²) in [7, 11) is 0. The Labute approximate surface area is 134 Å². The second-order valence-electron chi connectivity index (χ2n) is 5.51. The number of nitrogens with zero attached hydrogens (tertiary/aromatic N) is 1. The van der Waals surface area contributed by atoms with E-state index in [2.05, 4.69) is 25.7 Å². The summed E-state index contributed by atoms with van der Waals surface area (Å²) in [6.45, 7) is 10.7. The number of hydrogen-bond acceptors (Lipinski definition) is 4. The van der Waals surface area contributed by atoms with Gasteiger partial charge in [-0.3, -0.25) is 9.69 Å². The van der Waals surface area contributed by atoms with E-state index in [0.29, 0.717) is 23.6 Å².